The molecule has 2 heteroatoms. The Bertz CT molecular complexity index is 368. The van der Waals surface area contributed by atoms with Crippen LogP contribution in [0.2, 0.25) is 0 Å². The molecular weight excluding hydrogens is 246 g/mol. The molecule has 0 saturated carbocycles. The number of rotatable bonds is 9. The van der Waals surface area contributed by atoms with Crippen LogP contribution in [0.25, 0.3) is 0 Å². The Labute approximate surface area is 124 Å². The van der Waals surface area contributed by atoms with E-state index in [4.69, 9.17) is 4.74 Å². The Morgan fingerprint density at radius 3 is 2.05 bits per heavy atom. The zero-order chi connectivity index (χ0) is 15.0. The molecule has 0 aliphatic rings. The highest BCUT2D eigenvalue weighted by Gasteiger charge is 2.36. The third-order valence-electron chi connectivity index (χ3n) is 4.30. The number of nitrogens with one attached hydrogen (secondary N) is 1. The maximum absolute atomic E-state index is 6.15. The van der Waals surface area contributed by atoms with Gasteiger partial charge in [0.2, 0.25) is 0 Å². The summed E-state index contributed by atoms with van der Waals surface area (Å²) < 4.78 is 6.15. The third kappa shape index (κ3) is 3.83. The molecule has 0 bridgehead atoms. The number of aryl methyl sites for hydroxylation is 1. The van der Waals surface area contributed by atoms with Crippen LogP contribution in [-0.4, -0.2) is 19.3 Å². The zero-order valence-corrected chi connectivity index (χ0v) is 13.8. The van der Waals surface area contributed by atoms with E-state index in [1.165, 1.54) is 17.5 Å². The summed E-state index contributed by atoms with van der Waals surface area (Å²) in [5, 5.41) is 3.47. The summed E-state index contributed by atoms with van der Waals surface area (Å²) in [7, 11) is 2.03. The van der Waals surface area contributed by atoms with Gasteiger partial charge in [0, 0.05) is 6.61 Å². The van der Waals surface area contributed by atoms with Gasteiger partial charge in [0.1, 0.15) is 0 Å². The molecule has 0 aliphatic heterocycles. The molecule has 1 rings (SSSR count). The maximum Gasteiger partial charge on any atom is 0.0870 e. The summed E-state index contributed by atoms with van der Waals surface area (Å²) >= 11 is 0. The Morgan fingerprint density at radius 2 is 1.65 bits per heavy atom. The van der Waals surface area contributed by atoms with Gasteiger partial charge in [-0.15, -0.1) is 0 Å². The summed E-state index contributed by atoms with van der Waals surface area (Å²) in [5.41, 5.74) is 2.63. The van der Waals surface area contributed by atoms with Crippen LogP contribution in [0.5, 0.6) is 0 Å². The highest BCUT2D eigenvalue weighted by atomic mass is 16.5. The molecule has 0 fully saturated rings. The van der Waals surface area contributed by atoms with Crippen molar-refractivity contribution in [2.75, 3.05) is 13.7 Å². The maximum atomic E-state index is 6.15. The molecular formula is C18H31NO. The Hall–Kier alpha value is -0.860. The molecule has 0 spiro atoms. The Kier molecular flexibility index (Phi) is 7.25. The standard InChI is InChI=1S/C18H31NO/c1-6-10-15-11-13-16(14-12-15)17(19-5)18(7-2,8-3)20-9-4/h11-14,17,19H,6-10H2,1-5H3. The largest absolute Gasteiger partial charge is 0.373 e. The summed E-state index contributed by atoms with van der Waals surface area (Å²) in [5.74, 6) is 0. The minimum absolute atomic E-state index is 0.115. The van der Waals surface area contributed by atoms with Crippen LogP contribution >= 0.6 is 0 Å². The lowest BCUT2D eigenvalue weighted by molar-refractivity contribution is -0.0717. The van der Waals surface area contributed by atoms with Crippen LogP contribution in [0.4, 0.5) is 0 Å². The summed E-state index contributed by atoms with van der Waals surface area (Å²) in [6, 6.07) is 9.26. The van der Waals surface area contributed by atoms with Crippen molar-refractivity contribution in [2.24, 2.45) is 0 Å². The van der Waals surface area contributed by atoms with E-state index in [9.17, 15) is 0 Å². The molecule has 1 atom stereocenters. The Morgan fingerprint density at radius 1 is 1.05 bits per heavy atom. The first-order valence-electron chi connectivity index (χ1n) is 8.07. The van der Waals surface area contributed by atoms with Crippen LogP contribution < -0.4 is 5.32 Å². The second kappa shape index (κ2) is 8.43. The number of hydrogen-bond acceptors (Lipinski definition) is 2. The molecule has 1 aromatic carbocycles. The van der Waals surface area contributed by atoms with Gasteiger partial charge in [-0.1, -0.05) is 51.5 Å². The highest BCUT2D eigenvalue weighted by molar-refractivity contribution is 5.27. The zero-order valence-electron chi connectivity index (χ0n) is 13.8. The fraction of sp³-hybridized carbons (Fsp3) is 0.667. The number of ether oxygens (including phenoxy) is 1. The first kappa shape index (κ1) is 17.2. The Balaban J connectivity index is 3.03. The lowest BCUT2D eigenvalue weighted by atomic mass is 9.83. The second-order valence-electron chi connectivity index (χ2n) is 5.42. The van der Waals surface area contributed by atoms with Crippen molar-refractivity contribution in [3.63, 3.8) is 0 Å². The van der Waals surface area contributed by atoms with E-state index in [-0.39, 0.29) is 11.6 Å². The normalized spacial score (nSPS) is 13.4. The molecule has 0 heterocycles. The monoisotopic (exact) mass is 277 g/mol. The predicted molar refractivity (Wildman–Crippen MR) is 87.2 cm³/mol. The van der Waals surface area contributed by atoms with Gasteiger partial charge in [0.15, 0.2) is 0 Å². The fourth-order valence-electron chi connectivity index (χ4n) is 3.13. The van der Waals surface area contributed by atoms with Gasteiger partial charge in [0.05, 0.1) is 11.6 Å². The van der Waals surface area contributed by atoms with Gasteiger partial charge in [-0.05, 0) is 44.4 Å². The molecule has 0 radical (unpaired) electrons. The number of benzene rings is 1. The van der Waals surface area contributed by atoms with Crippen molar-refractivity contribution in [3.05, 3.63) is 35.4 Å². The van der Waals surface area contributed by atoms with Crippen molar-refractivity contribution in [1.29, 1.82) is 0 Å². The molecule has 20 heavy (non-hydrogen) atoms. The van der Waals surface area contributed by atoms with Gasteiger partial charge in [-0.3, -0.25) is 0 Å². The molecule has 0 aromatic heterocycles. The van der Waals surface area contributed by atoms with E-state index in [2.05, 4.69) is 57.3 Å². The average Bonchev–Trinajstić information content (AvgIpc) is 2.49. The lowest BCUT2D eigenvalue weighted by Gasteiger charge is -2.39. The van der Waals surface area contributed by atoms with Gasteiger partial charge in [-0.2, -0.15) is 0 Å². The predicted octanol–water partition coefficient (Wildman–Crippen LogP) is 4.49. The van der Waals surface area contributed by atoms with E-state index >= 15 is 0 Å². The van der Waals surface area contributed by atoms with Crippen LogP contribution in [0, 0.1) is 0 Å². The smallest absolute Gasteiger partial charge is 0.0870 e. The van der Waals surface area contributed by atoms with Crippen molar-refractivity contribution in [2.45, 2.75) is 65.0 Å². The molecule has 114 valence electrons. The van der Waals surface area contributed by atoms with Crippen LogP contribution in [0.15, 0.2) is 24.3 Å². The summed E-state index contributed by atoms with van der Waals surface area (Å²) in [4.78, 5) is 0. The quantitative estimate of drug-likeness (QED) is 0.718. The second-order valence-corrected chi connectivity index (χ2v) is 5.42. The number of likely N-dealkylation sites (N-methyl/N-ethyl adjacent to an activating group) is 1. The third-order valence-corrected chi connectivity index (χ3v) is 4.30. The summed E-state index contributed by atoms with van der Waals surface area (Å²) in [6.45, 7) is 9.49. The van der Waals surface area contributed by atoms with Crippen LogP contribution in [-0.2, 0) is 11.2 Å². The van der Waals surface area contributed by atoms with Crippen molar-refractivity contribution in [1.82, 2.24) is 5.32 Å². The number of hydrogen-bond donors (Lipinski definition) is 1. The molecule has 1 N–H and O–H groups in total. The molecule has 2 nitrogen and oxygen atoms in total. The average molecular weight is 277 g/mol. The molecule has 0 amide bonds. The SMILES string of the molecule is CCCc1ccc(C(NC)C(CC)(CC)OCC)cc1. The van der Waals surface area contributed by atoms with E-state index in [0.29, 0.717) is 0 Å². The minimum atomic E-state index is -0.115. The van der Waals surface area contributed by atoms with Crippen LogP contribution in [0.3, 0.4) is 0 Å². The molecule has 1 aromatic rings. The minimum Gasteiger partial charge on any atom is -0.373 e. The van der Waals surface area contributed by atoms with Gasteiger partial charge >= 0.3 is 0 Å². The first-order valence-corrected chi connectivity index (χ1v) is 8.07. The van der Waals surface area contributed by atoms with Crippen LogP contribution in [0.1, 0.15) is 64.1 Å². The van der Waals surface area contributed by atoms with Gasteiger partial charge in [-0.25, -0.2) is 0 Å². The molecule has 0 aliphatic carbocycles. The van der Waals surface area contributed by atoms with E-state index in [1.54, 1.807) is 0 Å². The topological polar surface area (TPSA) is 21.3 Å². The van der Waals surface area contributed by atoms with Crippen molar-refractivity contribution < 1.29 is 4.74 Å². The van der Waals surface area contributed by atoms with Crippen molar-refractivity contribution in [3.8, 4) is 0 Å². The highest BCUT2D eigenvalue weighted by Crippen LogP contribution is 2.35. The van der Waals surface area contributed by atoms with Gasteiger partial charge in [0.25, 0.3) is 0 Å². The van der Waals surface area contributed by atoms with E-state index < -0.39 is 0 Å². The van der Waals surface area contributed by atoms with Crippen molar-refractivity contribution >= 4 is 0 Å². The first-order chi connectivity index (χ1) is 9.67. The van der Waals surface area contributed by atoms with Gasteiger partial charge < -0.3 is 10.1 Å². The molecule has 0 saturated heterocycles. The van der Waals surface area contributed by atoms with E-state index in [1.807, 2.05) is 7.05 Å². The fourth-order valence-corrected chi connectivity index (χ4v) is 3.13. The van der Waals surface area contributed by atoms with E-state index in [0.717, 1.165) is 25.9 Å². The lowest BCUT2D eigenvalue weighted by Crippen LogP contribution is -2.44. The summed E-state index contributed by atoms with van der Waals surface area (Å²) in [6.07, 6.45) is 4.38. The molecule has 1 unspecified atom stereocenters.